The summed E-state index contributed by atoms with van der Waals surface area (Å²) in [4.78, 5) is 13.1. The zero-order valence-electron chi connectivity index (χ0n) is 11.6. The zero-order valence-corrected chi connectivity index (χ0v) is 12.4. The third-order valence-electron chi connectivity index (χ3n) is 3.50. The average molecular weight is 297 g/mol. The van der Waals surface area contributed by atoms with E-state index < -0.39 is 10.0 Å². The molecule has 0 aliphatic carbocycles. The number of anilines is 1. The van der Waals surface area contributed by atoms with Crippen molar-refractivity contribution in [2.45, 2.75) is 30.7 Å². The molecule has 1 aliphatic rings. The number of benzene rings is 1. The number of nitrogen functional groups attached to an aromatic ring is 1. The summed E-state index contributed by atoms with van der Waals surface area (Å²) in [5.74, 6) is 0.0452. The summed E-state index contributed by atoms with van der Waals surface area (Å²) in [5, 5.41) is 0. The standard InChI is InChI=1S/C13H19N3O3S/c1-9-7-11(4-5-12(9)14)20(18,19)15-10-3-6-13(17)16(2)8-10/h4-5,7,10,15H,3,6,8,14H2,1-2H3. The number of sulfonamides is 1. The Hall–Kier alpha value is -1.60. The van der Waals surface area contributed by atoms with Gasteiger partial charge in [-0.3, -0.25) is 4.79 Å². The third kappa shape index (κ3) is 3.10. The first-order valence-corrected chi connectivity index (χ1v) is 7.90. The van der Waals surface area contributed by atoms with Crippen molar-refractivity contribution in [1.29, 1.82) is 0 Å². The highest BCUT2D eigenvalue weighted by molar-refractivity contribution is 7.89. The number of hydrogen-bond acceptors (Lipinski definition) is 4. The maximum Gasteiger partial charge on any atom is 0.240 e. The van der Waals surface area contributed by atoms with E-state index in [1.54, 1.807) is 31.0 Å². The van der Waals surface area contributed by atoms with Gasteiger partial charge in [-0.15, -0.1) is 0 Å². The Morgan fingerprint density at radius 1 is 1.40 bits per heavy atom. The molecule has 1 atom stereocenters. The number of nitrogens with zero attached hydrogens (tertiary/aromatic N) is 1. The van der Waals surface area contributed by atoms with E-state index in [1.165, 1.54) is 6.07 Å². The van der Waals surface area contributed by atoms with Crippen molar-refractivity contribution in [1.82, 2.24) is 9.62 Å². The van der Waals surface area contributed by atoms with Crippen LogP contribution in [-0.4, -0.2) is 38.9 Å². The molecular weight excluding hydrogens is 278 g/mol. The minimum absolute atomic E-state index is 0.0452. The van der Waals surface area contributed by atoms with Crippen LogP contribution in [0.5, 0.6) is 0 Å². The molecule has 2 rings (SSSR count). The van der Waals surface area contributed by atoms with E-state index in [4.69, 9.17) is 5.73 Å². The molecule has 1 aliphatic heterocycles. The van der Waals surface area contributed by atoms with E-state index >= 15 is 0 Å². The second-order valence-corrected chi connectivity index (χ2v) is 6.86. The molecule has 110 valence electrons. The van der Waals surface area contributed by atoms with Gasteiger partial charge in [0.2, 0.25) is 15.9 Å². The van der Waals surface area contributed by atoms with Gasteiger partial charge in [-0.05, 0) is 37.1 Å². The number of amides is 1. The van der Waals surface area contributed by atoms with Crippen LogP contribution in [0, 0.1) is 6.92 Å². The topological polar surface area (TPSA) is 92.5 Å². The first-order chi connectivity index (χ1) is 9.29. The highest BCUT2D eigenvalue weighted by Crippen LogP contribution is 2.18. The molecule has 0 bridgehead atoms. The predicted molar refractivity (Wildman–Crippen MR) is 76.6 cm³/mol. The second-order valence-electron chi connectivity index (χ2n) is 5.15. The van der Waals surface area contributed by atoms with E-state index in [9.17, 15) is 13.2 Å². The number of nitrogens with one attached hydrogen (secondary N) is 1. The van der Waals surface area contributed by atoms with Crippen molar-refractivity contribution < 1.29 is 13.2 Å². The summed E-state index contributed by atoms with van der Waals surface area (Å²) in [6, 6.07) is 4.37. The van der Waals surface area contributed by atoms with E-state index in [1.807, 2.05) is 0 Å². The van der Waals surface area contributed by atoms with E-state index in [2.05, 4.69) is 4.72 Å². The quantitative estimate of drug-likeness (QED) is 0.794. The molecule has 1 fully saturated rings. The Labute approximate surface area is 119 Å². The van der Waals surface area contributed by atoms with Crippen molar-refractivity contribution in [2.75, 3.05) is 19.3 Å². The van der Waals surface area contributed by atoms with E-state index in [-0.39, 0.29) is 16.8 Å². The average Bonchev–Trinajstić information content (AvgIpc) is 2.37. The summed E-state index contributed by atoms with van der Waals surface area (Å²) < 4.78 is 27.2. The first-order valence-electron chi connectivity index (χ1n) is 6.42. The molecule has 0 saturated carbocycles. The summed E-state index contributed by atoms with van der Waals surface area (Å²) in [7, 11) is -1.91. The van der Waals surface area contributed by atoms with Crippen LogP contribution in [0.4, 0.5) is 5.69 Å². The number of nitrogens with two attached hydrogens (primary N) is 1. The summed E-state index contributed by atoms with van der Waals surface area (Å²) in [6.45, 7) is 2.16. The van der Waals surface area contributed by atoms with Crippen molar-refractivity contribution in [3.05, 3.63) is 23.8 Å². The van der Waals surface area contributed by atoms with Crippen LogP contribution in [0.25, 0.3) is 0 Å². The number of carbonyl (C=O) groups is 1. The molecule has 7 heteroatoms. The van der Waals surface area contributed by atoms with Crippen molar-refractivity contribution in [3.8, 4) is 0 Å². The molecule has 1 amide bonds. The van der Waals surface area contributed by atoms with Crippen LogP contribution < -0.4 is 10.5 Å². The van der Waals surface area contributed by atoms with Crippen LogP contribution in [-0.2, 0) is 14.8 Å². The van der Waals surface area contributed by atoms with Gasteiger partial charge in [0.15, 0.2) is 0 Å². The number of likely N-dealkylation sites (N-methyl/N-ethyl adjacent to an activating group) is 1. The van der Waals surface area contributed by atoms with Gasteiger partial charge in [-0.25, -0.2) is 13.1 Å². The molecule has 1 heterocycles. The number of rotatable bonds is 3. The Kier molecular flexibility index (Phi) is 4.01. The molecule has 1 aromatic rings. The molecule has 0 spiro atoms. The monoisotopic (exact) mass is 297 g/mol. The molecule has 3 N–H and O–H groups in total. The van der Waals surface area contributed by atoms with Crippen LogP contribution in [0.2, 0.25) is 0 Å². The van der Waals surface area contributed by atoms with Gasteiger partial charge in [0.05, 0.1) is 4.90 Å². The molecule has 0 aromatic heterocycles. The Bertz CT molecular complexity index is 628. The van der Waals surface area contributed by atoms with Gasteiger partial charge in [0.1, 0.15) is 0 Å². The SMILES string of the molecule is Cc1cc(S(=O)(=O)NC2CCC(=O)N(C)C2)ccc1N. The summed E-state index contributed by atoms with van der Waals surface area (Å²) >= 11 is 0. The van der Waals surface area contributed by atoms with Gasteiger partial charge in [-0.2, -0.15) is 0 Å². The van der Waals surface area contributed by atoms with Crippen molar-refractivity contribution in [2.24, 2.45) is 0 Å². The smallest absolute Gasteiger partial charge is 0.240 e. The lowest BCUT2D eigenvalue weighted by atomic mass is 10.1. The highest BCUT2D eigenvalue weighted by Gasteiger charge is 2.27. The predicted octanol–water partition coefficient (Wildman–Crippen LogP) is 0.476. The van der Waals surface area contributed by atoms with Crippen molar-refractivity contribution in [3.63, 3.8) is 0 Å². The zero-order chi connectivity index (χ0) is 14.9. The lowest BCUT2D eigenvalue weighted by molar-refractivity contribution is -0.132. The van der Waals surface area contributed by atoms with Gasteiger partial charge in [0, 0.05) is 31.7 Å². The Balaban J connectivity index is 2.15. The van der Waals surface area contributed by atoms with Crippen LogP contribution >= 0.6 is 0 Å². The molecule has 20 heavy (non-hydrogen) atoms. The number of likely N-dealkylation sites (tertiary alicyclic amines) is 1. The van der Waals surface area contributed by atoms with Crippen LogP contribution in [0.1, 0.15) is 18.4 Å². The van der Waals surface area contributed by atoms with Gasteiger partial charge in [-0.1, -0.05) is 0 Å². The molecule has 1 unspecified atom stereocenters. The summed E-state index contributed by atoms with van der Waals surface area (Å²) in [5.41, 5.74) is 6.98. The highest BCUT2D eigenvalue weighted by atomic mass is 32.2. The lowest BCUT2D eigenvalue weighted by Crippen LogP contribution is -2.48. The fourth-order valence-electron chi connectivity index (χ4n) is 2.21. The van der Waals surface area contributed by atoms with E-state index in [0.717, 1.165) is 5.56 Å². The molecule has 6 nitrogen and oxygen atoms in total. The molecule has 1 saturated heterocycles. The van der Waals surface area contributed by atoms with Crippen molar-refractivity contribution >= 4 is 21.6 Å². The molecule has 1 aromatic carbocycles. The molecular formula is C13H19N3O3S. The number of hydrogen-bond donors (Lipinski definition) is 2. The fourth-order valence-corrected chi connectivity index (χ4v) is 3.56. The maximum absolute atomic E-state index is 12.3. The van der Waals surface area contributed by atoms with E-state index in [0.29, 0.717) is 25.1 Å². The number of carbonyl (C=O) groups excluding carboxylic acids is 1. The number of aryl methyl sites for hydroxylation is 1. The largest absolute Gasteiger partial charge is 0.399 e. The number of piperidine rings is 1. The normalized spacial score (nSPS) is 20.2. The van der Waals surface area contributed by atoms with Gasteiger partial charge in [0.25, 0.3) is 0 Å². The lowest BCUT2D eigenvalue weighted by Gasteiger charge is -2.29. The molecule has 0 radical (unpaired) electrons. The minimum Gasteiger partial charge on any atom is -0.399 e. The first kappa shape index (κ1) is 14.8. The maximum atomic E-state index is 12.3. The Morgan fingerprint density at radius 2 is 2.10 bits per heavy atom. The Morgan fingerprint density at radius 3 is 2.70 bits per heavy atom. The third-order valence-corrected chi connectivity index (χ3v) is 5.02. The summed E-state index contributed by atoms with van der Waals surface area (Å²) in [6.07, 6.45) is 0.890. The second kappa shape index (κ2) is 5.41. The van der Waals surface area contributed by atoms with Gasteiger partial charge < -0.3 is 10.6 Å². The minimum atomic E-state index is -3.58. The van der Waals surface area contributed by atoms with Crippen LogP contribution in [0.15, 0.2) is 23.1 Å². The van der Waals surface area contributed by atoms with Crippen LogP contribution in [0.3, 0.4) is 0 Å². The fraction of sp³-hybridized carbons (Fsp3) is 0.462. The van der Waals surface area contributed by atoms with Gasteiger partial charge >= 0.3 is 0 Å².